The van der Waals surface area contributed by atoms with Gasteiger partial charge in [0.15, 0.2) is 0 Å². The van der Waals surface area contributed by atoms with Crippen molar-refractivity contribution in [3.63, 3.8) is 0 Å². The summed E-state index contributed by atoms with van der Waals surface area (Å²) >= 11 is 0. The molecule has 1 saturated heterocycles. The molecule has 2 heterocycles. The molecular weight excluding hydrogens is 180 g/mol. The molecule has 0 saturated carbocycles. The third-order valence-corrected chi connectivity index (χ3v) is 2.66. The van der Waals surface area contributed by atoms with E-state index in [-0.39, 0.29) is 12.7 Å². The highest BCUT2D eigenvalue weighted by Crippen LogP contribution is 2.20. The number of nitrogens with zero attached hydrogens (tertiary/aromatic N) is 2. The van der Waals surface area contributed by atoms with Crippen LogP contribution in [0.3, 0.4) is 0 Å². The molecule has 0 amide bonds. The van der Waals surface area contributed by atoms with E-state index in [2.05, 4.69) is 11.9 Å². The van der Waals surface area contributed by atoms with Crippen LogP contribution in [0.1, 0.15) is 25.6 Å². The lowest BCUT2D eigenvalue weighted by atomic mass is 10.2. The Morgan fingerprint density at radius 2 is 2.50 bits per heavy atom. The minimum Gasteiger partial charge on any atom is -0.388 e. The lowest BCUT2D eigenvalue weighted by Crippen LogP contribution is -2.17. The summed E-state index contributed by atoms with van der Waals surface area (Å²) in [5.74, 6) is 0.716. The van der Waals surface area contributed by atoms with Crippen molar-refractivity contribution in [1.29, 1.82) is 0 Å². The summed E-state index contributed by atoms with van der Waals surface area (Å²) in [7, 11) is 0. The third kappa shape index (κ3) is 1.96. The molecule has 1 aromatic rings. The first kappa shape index (κ1) is 9.68. The van der Waals surface area contributed by atoms with Crippen LogP contribution in [0.2, 0.25) is 0 Å². The number of imidazole rings is 1. The summed E-state index contributed by atoms with van der Waals surface area (Å²) in [6.45, 7) is 2.90. The minimum atomic E-state index is -0.00469. The van der Waals surface area contributed by atoms with Crippen molar-refractivity contribution in [3.8, 4) is 0 Å². The maximum Gasteiger partial charge on any atom is 0.134 e. The van der Waals surface area contributed by atoms with Gasteiger partial charge in [-0.3, -0.25) is 0 Å². The predicted molar refractivity (Wildman–Crippen MR) is 51.7 cm³/mol. The zero-order valence-corrected chi connectivity index (χ0v) is 8.39. The van der Waals surface area contributed by atoms with Gasteiger partial charge in [-0.1, -0.05) is 0 Å². The van der Waals surface area contributed by atoms with E-state index in [4.69, 9.17) is 9.84 Å². The second kappa shape index (κ2) is 4.11. The number of aliphatic hydroxyl groups is 1. The fourth-order valence-corrected chi connectivity index (χ4v) is 1.90. The molecule has 14 heavy (non-hydrogen) atoms. The van der Waals surface area contributed by atoms with Crippen LogP contribution in [0, 0.1) is 0 Å². The highest BCUT2D eigenvalue weighted by molar-refractivity contribution is 4.91. The topological polar surface area (TPSA) is 47.3 Å². The van der Waals surface area contributed by atoms with Crippen LogP contribution in [-0.4, -0.2) is 26.9 Å². The van der Waals surface area contributed by atoms with Crippen LogP contribution in [0.5, 0.6) is 0 Å². The minimum absolute atomic E-state index is 0.00469. The molecule has 4 heteroatoms. The van der Waals surface area contributed by atoms with Crippen molar-refractivity contribution >= 4 is 0 Å². The van der Waals surface area contributed by atoms with Crippen molar-refractivity contribution in [2.45, 2.75) is 45.1 Å². The Kier molecular flexibility index (Phi) is 2.84. The Morgan fingerprint density at radius 1 is 1.64 bits per heavy atom. The second-order valence-corrected chi connectivity index (χ2v) is 3.80. The summed E-state index contributed by atoms with van der Waals surface area (Å²) in [5, 5.41) is 9.01. The molecule has 2 rings (SSSR count). The standard InChI is InChI=1S/C10H16N2O2/c1-8-2-3-9(14-8)6-12-5-4-11-10(12)7-13/h4-5,8-9,13H,2-3,6-7H2,1H3. The van der Waals surface area contributed by atoms with Crippen molar-refractivity contribution < 1.29 is 9.84 Å². The van der Waals surface area contributed by atoms with Gasteiger partial charge in [-0.25, -0.2) is 4.98 Å². The summed E-state index contributed by atoms with van der Waals surface area (Å²) in [5.41, 5.74) is 0. The number of hydrogen-bond donors (Lipinski definition) is 1. The van der Waals surface area contributed by atoms with E-state index in [1.165, 1.54) is 0 Å². The van der Waals surface area contributed by atoms with Gasteiger partial charge in [0.05, 0.1) is 18.8 Å². The first-order valence-electron chi connectivity index (χ1n) is 5.06. The van der Waals surface area contributed by atoms with E-state index in [1.54, 1.807) is 6.20 Å². The second-order valence-electron chi connectivity index (χ2n) is 3.80. The Bertz CT molecular complexity index is 298. The van der Waals surface area contributed by atoms with E-state index in [1.807, 2.05) is 10.8 Å². The van der Waals surface area contributed by atoms with Gasteiger partial charge in [0.1, 0.15) is 12.4 Å². The molecule has 2 unspecified atom stereocenters. The van der Waals surface area contributed by atoms with E-state index in [9.17, 15) is 0 Å². The summed E-state index contributed by atoms with van der Waals surface area (Å²) in [6.07, 6.45) is 6.49. The van der Waals surface area contributed by atoms with Gasteiger partial charge >= 0.3 is 0 Å². The maximum absolute atomic E-state index is 9.01. The molecule has 1 fully saturated rings. The fraction of sp³-hybridized carbons (Fsp3) is 0.700. The first-order chi connectivity index (χ1) is 6.79. The molecule has 1 aliphatic heterocycles. The first-order valence-corrected chi connectivity index (χ1v) is 5.06. The Balaban J connectivity index is 1.97. The van der Waals surface area contributed by atoms with Gasteiger partial charge in [-0.15, -0.1) is 0 Å². The molecule has 2 atom stereocenters. The van der Waals surface area contributed by atoms with Crippen LogP contribution < -0.4 is 0 Å². The largest absolute Gasteiger partial charge is 0.388 e. The SMILES string of the molecule is CC1CCC(Cn2ccnc2CO)O1. The van der Waals surface area contributed by atoms with Gasteiger partial charge in [-0.05, 0) is 19.8 Å². The van der Waals surface area contributed by atoms with Crippen molar-refractivity contribution in [3.05, 3.63) is 18.2 Å². The quantitative estimate of drug-likeness (QED) is 0.782. The van der Waals surface area contributed by atoms with Crippen molar-refractivity contribution in [1.82, 2.24) is 9.55 Å². The average Bonchev–Trinajstić information content (AvgIpc) is 2.76. The molecule has 4 nitrogen and oxygen atoms in total. The predicted octanol–water partition coefficient (Wildman–Crippen LogP) is 0.943. The summed E-state index contributed by atoms with van der Waals surface area (Å²) < 4.78 is 7.66. The average molecular weight is 196 g/mol. The third-order valence-electron chi connectivity index (χ3n) is 2.66. The van der Waals surface area contributed by atoms with Crippen LogP contribution in [0.4, 0.5) is 0 Å². The smallest absolute Gasteiger partial charge is 0.134 e. The van der Waals surface area contributed by atoms with E-state index in [0.717, 1.165) is 19.4 Å². The van der Waals surface area contributed by atoms with E-state index in [0.29, 0.717) is 11.9 Å². The van der Waals surface area contributed by atoms with Gasteiger partial charge in [0.2, 0.25) is 0 Å². The van der Waals surface area contributed by atoms with E-state index >= 15 is 0 Å². The molecule has 78 valence electrons. The molecular formula is C10H16N2O2. The zero-order chi connectivity index (χ0) is 9.97. The lowest BCUT2D eigenvalue weighted by molar-refractivity contribution is 0.0447. The van der Waals surface area contributed by atoms with Crippen LogP contribution >= 0.6 is 0 Å². The lowest BCUT2D eigenvalue weighted by Gasteiger charge is -2.13. The van der Waals surface area contributed by atoms with Crippen molar-refractivity contribution in [2.75, 3.05) is 0 Å². The van der Waals surface area contributed by atoms with E-state index < -0.39 is 0 Å². The summed E-state index contributed by atoms with van der Waals surface area (Å²) in [4.78, 5) is 4.05. The zero-order valence-electron chi connectivity index (χ0n) is 8.39. The highest BCUT2D eigenvalue weighted by Gasteiger charge is 2.22. The Morgan fingerprint density at radius 3 is 3.14 bits per heavy atom. The number of hydrogen-bond acceptors (Lipinski definition) is 3. The van der Waals surface area contributed by atoms with Gasteiger partial charge in [0.25, 0.3) is 0 Å². The monoisotopic (exact) mass is 196 g/mol. The van der Waals surface area contributed by atoms with Crippen LogP contribution in [-0.2, 0) is 17.9 Å². The number of aromatic nitrogens is 2. The highest BCUT2D eigenvalue weighted by atomic mass is 16.5. The van der Waals surface area contributed by atoms with Crippen LogP contribution in [0.15, 0.2) is 12.4 Å². The number of ether oxygens (including phenoxy) is 1. The Hall–Kier alpha value is -0.870. The molecule has 1 aliphatic rings. The Labute approximate surface area is 83.5 Å². The van der Waals surface area contributed by atoms with Crippen LogP contribution in [0.25, 0.3) is 0 Å². The number of aliphatic hydroxyl groups excluding tert-OH is 1. The van der Waals surface area contributed by atoms with Gasteiger partial charge < -0.3 is 14.4 Å². The molecule has 0 aromatic carbocycles. The molecule has 0 radical (unpaired) electrons. The van der Waals surface area contributed by atoms with Gasteiger partial charge in [-0.2, -0.15) is 0 Å². The molecule has 1 N–H and O–H groups in total. The maximum atomic E-state index is 9.01. The molecule has 1 aromatic heterocycles. The molecule has 0 bridgehead atoms. The van der Waals surface area contributed by atoms with Crippen molar-refractivity contribution in [2.24, 2.45) is 0 Å². The summed E-state index contributed by atoms with van der Waals surface area (Å²) in [6, 6.07) is 0. The number of rotatable bonds is 3. The molecule has 0 aliphatic carbocycles. The fourth-order valence-electron chi connectivity index (χ4n) is 1.90. The molecule has 0 spiro atoms. The normalized spacial score (nSPS) is 27.0. The van der Waals surface area contributed by atoms with Gasteiger partial charge in [0, 0.05) is 12.4 Å².